The van der Waals surface area contributed by atoms with Crippen molar-refractivity contribution >= 4 is 5.96 Å². The zero-order chi connectivity index (χ0) is 19.0. The van der Waals surface area contributed by atoms with Crippen LogP contribution in [0, 0.1) is 0 Å². The number of ether oxygens (including phenoxy) is 1. The molecule has 4 nitrogen and oxygen atoms in total. The minimum Gasteiger partial charge on any atom is -0.381 e. The van der Waals surface area contributed by atoms with E-state index >= 15 is 0 Å². The van der Waals surface area contributed by atoms with Crippen molar-refractivity contribution in [1.29, 1.82) is 0 Å². The van der Waals surface area contributed by atoms with Crippen LogP contribution in [0.25, 0.3) is 0 Å². The fourth-order valence-corrected chi connectivity index (χ4v) is 3.72. The molecule has 144 valence electrons. The van der Waals surface area contributed by atoms with Crippen LogP contribution in [0.3, 0.4) is 0 Å². The van der Waals surface area contributed by atoms with E-state index in [4.69, 9.17) is 9.73 Å². The monoisotopic (exact) mass is 365 g/mol. The van der Waals surface area contributed by atoms with Gasteiger partial charge in [0.15, 0.2) is 5.96 Å². The highest BCUT2D eigenvalue weighted by Gasteiger charge is 2.34. The third kappa shape index (κ3) is 5.10. The summed E-state index contributed by atoms with van der Waals surface area (Å²) in [5.41, 5.74) is 2.72. The number of guanidine groups is 1. The average Bonchev–Trinajstić information content (AvgIpc) is 2.73. The summed E-state index contributed by atoms with van der Waals surface area (Å²) in [7, 11) is 2.10. The Labute approximate surface area is 163 Å². The number of hydrogen-bond donors (Lipinski definition) is 1. The molecule has 27 heavy (non-hydrogen) atoms. The highest BCUT2D eigenvalue weighted by Crippen LogP contribution is 2.35. The Bertz CT molecular complexity index is 709. The van der Waals surface area contributed by atoms with E-state index in [0.29, 0.717) is 0 Å². The van der Waals surface area contributed by atoms with Crippen molar-refractivity contribution < 1.29 is 4.74 Å². The molecule has 0 atom stereocenters. The van der Waals surface area contributed by atoms with Crippen molar-refractivity contribution in [1.82, 2.24) is 10.2 Å². The Balaban J connectivity index is 1.79. The van der Waals surface area contributed by atoms with Crippen molar-refractivity contribution in [2.45, 2.75) is 31.7 Å². The van der Waals surface area contributed by atoms with Crippen LogP contribution < -0.4 is 5.32 Å². The normalized spacial score (nSPS) is 16.7. The zero-order valence-electron chi connectivity index (χ0n) is 16.5. The van der Waals surface area contributed by atoms with E-state index in [1.54, 1.807) is 0 Å². The number of nitrogens with one attached hydrogen (secondary N) is 1. The summed E-state index contributed by atoms with van der Waals surface area (Å²) >= 11 is 0. The van der Waals surface area contributed by atoms with Crippen LogP contribution in [0.4, 0.5) is 0 Å². The Morgan fingerprint density at radius 2 is 1.67 bits per heavy atom. The van der Waals surface area contributed by atoms with Crippen LogP contribution in [-0.2, 0) is 16.7 Å². The maximum absolute atomic E-state index is 5.65. The van der Waals surface area contributed by atoms with Crippen LogP contribution >= 0.6 is 0 Å². The SMILES string of the molecule is CCNC(=NCC1(c2ccccc2)CCOCC1)N(C)Cc1ccccc1. The van der Waals surface area contributed by atoms with Gasteiger partial charge in [-0.2, -0.15) is 0 Å². The van der Waals surface area contributed by atoms with Gasteiger partial charge in [0.25, 0.3) is 0 Å². The third-order valence-corrected chi connectivity index (χ3v) is 5.33. The number of nitrogens with zero attached hydrogens (tertiary/aromatic N) is 2. The van der Waals surface area contributed by atoms with E-state index in [1.807, 2.05) is 0 Å². The quantitative estimate of drug-likeness (QED) is 0.624. The van der Waals surface area contributed by atoms with E-state index in [-0.39, 0.29) is 5.41 Å². The van der Waals surface area contributed by atoms with Crippen molar-refractivity contribution in [3.8, 4) is 0 Å². The van der Waals surface area contributed by atoms with Crippen molar-refractivity contribution in [3.63, 3.8) is 0 Å². The zero-order valence-corrected chi connectivity index (χ0v) is 16.5. The smallest absolute Gasteiger partial charge is 0.193 e. The number of aliphatic imine (C=N–C) groups is 1. The molecule has 1 fully saturated rings. The first-order chi connectivity index (χ1) is 13.2. The van der Waals surface area contributed by atoms with Crippen LogP contribution in [0.2, 0.25) is 0 Å². The van der Waals surface area contributed by atoms with Crippen LogP contribution in [-0.4, -0.2) is 44.2 Å². The minimum atomic E-state index is 0.0633. The van der Waals surface area contributed by atoms with Gasteiger partial charge in [0.1, 0.15) is 0 Å². The lowest BCUT2D eigenvalue weighted by atomic mass is 9.74. The first kappa shape index (κ1) is 19.4. The molecule has 1 aliphatic rings. The molecule has 0 radical (unpaired) electrons. The summed E-state index contributed by atoms with van der Waals surface area (Å²) in [6.45, 7) is 6.21. The molecule has 1 saturated heterocycles. The van der Waals surface area contributed by atoms with Gasteiger partial charge in [-0.3, -0.25) is 4.99 Å². The van der Waals surface area contributed by atoms with E-state index in [1.165, 1.54) is 11.1 Å². The first-order valence-electron chi connectivity index (χ1n) is 9.90. The Morgan fingerprint density at radius 1 is 1.04 bits per heavy atom. The summed E-state index contributed by atoms with van der Waals surface area (Å²) in [5.74, 6) is 0.961. The maximum atomic E-state index is 5.65. The van der Waals surface area contributed by atoms with Crippen molar-refractivity contribution in [2.75, 3.05) is 33.4 Å². The highest BCUT2D eigenvalue weighted by molar-refractivity contribution is 5.79. The molecule has 4 heteroatoms. The lowest BCUT2D eigenvalue weighted by Gasteiger charge is -2.37. The molecule has 1 N–H and O–H groups in total. The van der Waals surface area contributed by atoms with Gasteiger partial charge in [-0.05, 0) is 30.9 Å². The van der Waals surface area contributed by atoms with E-state index in [9.17, 15) is 0 Å². The molecular weight excluding hydrogens is 334 g/mol. The molecule has 0 aliphatic carbocycles. The minimum absolute atomic E-state index is 0.0633. The number of hydrogen-bond acceptors (Lipinski definition) is 2. The molecule has 2 aromatic carbocycles. The Kier molecular flexibility index (Phi) is 6.88. The molecule has 0 saturated carbocycles. The van der Waals surface area contributed by atoms with Gasteiger partial charge in [0.2, 0.25) is 0 Å². The fraction of sp³-hybridized carbons (Fsp3) is 0.435. The molecule has 3 rings (SSSR count). The Hall–Kier alpha value is -2.33. The summed E-state index contributed by atoms with van der Waals surface area (Å²) < 4.78 is 5.65. The number of benzene rings is 2. The van der Waals surface area contributed by atoms with Gasteiger partial charge < -0.3 is 15.0 Å². The van der Waals surface area contributed by atoms with Crippen LogP contribution in [0.15, 0.2) is 65.7 Å². The average molecular weight is 366 g/mol. The molecule has 2 aromatic rings. The summed E-state index contributed by atoms with van der Waals surface area (Å²) in [4.78, 5) is 7.26. The molecular formula is C23H31N3O. The van der Waals surface area contributed by atoms with Gasteiger partial charge in [-0.1, -0.05) is 60.7 Å². The molecule has 0 unspecified atom stereocenters. The molecule has 0 spiro atoms. The van der Waals surface area contributed by atoms with Crippen molar-refractivity contribution in [3.05, 3.63) is 71.8 Å². The van der Waals surface area contributed by atoms with E-state index in [2.05, 4.69) is 84.9 Å². The molecule has 0 bridgehead atoms. The second-order valence-electron chi connectivity index (χ2n) is 7.27. The lowest BCUT2D eigenvalue weighted by molar-refractivity contribution is 0.0530. The largest absolute Gasteiger partial charge is 0.381 e. The van der Waals surface area contributed by atoms with Crippen LogP contribution in [0.5, 0.6) is 0 Å². The molecule has 0 aromatic heterocycles. The topological polar surface area (TPSA) is 36.9 Å². The predicted molar refractivity (Wildman–Crippen MR) is 112 cm³/mol. The molecule has 1 heterocycles. The second-order valence-corrected chi connectivity index (χ2v) is 7.27. The fourth-order valence-electron chi connectivity index (χ4n) is 3.72. The van der Waals surface area contributed by atoms with Gasteiger partial charge in [-0.25, -0.2) is 0 Å². The van der Waals surface area contributed by atoms with Crippen molar-refractivity contribution in [2.24, 2.45) is 4.99 Å². The third-order valence-electron chi connectivity index (χ3n) is 5.33. The van der Waals surface area contributed by atoms with E-state index in [0.717, 1.165) is 51.6 Å². The van der Waals surface area contributed by atoms with Gasteiger partial charge >= 0.3 is 0 Å². The van der Waals surface area contributed by atoms with E-state index < -0.39 is 0 Å². The van der Waals surface area contributed by atoms with Crippen LogP contribution in [0.1, 0.15) is 30.9 Å². The van der Waals surface area contributed by atoms with Gasteiger partial charge in [-0.15, -0.1) is 0 Å². The molecule has 0 amide bonds. The lowest BCUT2D eigenvalue weighted by Crippen LogP contribution is -2.41. The van der Waals surface area contributed by atoms with Gasteiger partial charge in [0.05, 0.1) is 6.54 Å². The highest BCUT2D eigenvalue weighted by atomic mass is 16.5. The summed E-state index contributed by atoms with van der Waals surface area (Å²) in [5, 5.41) is 3.46. The summed E-state index contributed by atoms with van der Waals surface area (Å²) in [6, 6.07) is 21.3. The van der Waals surface area contributed by atoms with Gasteiger partial charge in [0, 0.05) is 38.8 Å². The first-order valence-corrected chi connectivity index (χ1v) is 9.90. The standard InChI is InChI=1S/C23H31N3O/c1-3-24-22(26(2)18-20-10-6-4-7-11-20)25-19-23(14-16-27-17-15-23)21-12-8-5-9-13-21/h4-13H,3,14-19H2,1-2H3,(H,24,25). The summed E-state index contributed by atoms with van der Waals surface area (Å²) in [6.07, 6.45) is 2.03. The second kappa shape index (κ2) is 9.56. The Morgan fingerprint density at radius 3 is 2.30 bits per heavy atom. The molecule has 1 aliphatic heterocycles. The predicted octanol–water partition coefficient (Wildman–Crippen LogP) is 3.83. The number of rotatable bonds is 6. The maximum Gasteiger partial charge on any atom is 0.193 e.